The molecule has 0 aliphatic rings. The minimum Gasteiger partial charge on any atom is -0.224 e. The van der Waals surface area contributed by atoms with Crippen molar-refractivity contribution in [3.05, 3.63) is 48.3 Å². The summed E-state index contributed by atoms with van der Waals surface area (Å²) in [5, 5.41) is 0.387. The van der Waals surface area contributed by atoms with E-state index in [9.17, 15) is 8.42 Å². The van der Waals surface area contributed by atoms with Crippen LogP contribution in [0.15, 0.2) is 23.1 Å². The quantitative estimate of drug-likeness (QED) is 0.490. The van der Waals surface area contributed by atoms with Crippen LogP contribution in [0.25, 0.3) is 11.1 Å². The van der Waals surface area contributed by atoms with E-state index < -0.39 is 9.84 Å². The monoisotopic (exact) mass is 436 g/mol. The molecular weight excluding hydrogens is 433 g/mol. The molecule has 0 saturated carbocycles. The van der Waals surface area contributed by atoms with Crippen molar-refractivity contribution >= 4 is 79.4 Å². The van der Waals surface area contributed by atoms with Crippen LogP contribution >= 0.6 is 69.6 Å². The average Bonchev–Trinajstić information content (AvgIpc) is 2.38. The van der Waals surface area contributed by atoms with Crippen molar-refractivity contribution < 1.29 is 8.42 Å². The van der Waals surface area contributed by atoms with Crippen LogP contribution in [0.5, 0.6) is 0 Å². The highest BCUT2D eigenvalue weighted by Crippen LogP contribution is 2.47. The third kappa shape index (κ3) is 3.32. The van der Waals surface area contributed by atoms with Crippen LogP contribution in [-0.2, 0) is 9.84 Å². The van der Waals surface area contributed by atoms with Gasteiger partial charge in [0.2, 0.25) is 0 Å². The molecule has 0 spiro atoms. The third-order valence-electron chi connectivity index (χ3n) is 2.80. The predicted molar refractivity (Wildman–Crippen MR) is 95.0 cm³/mol. The van der Waals surface area contributed by atoms with Gasteiger partial charge in [0.1, 0.15) is 4.90 Å². The Bertz CT molecular complexity index is 877. The molecule has 2 nitrogen and oxygen atoms in total. The van der Waals surface area contributed by atoms with Crippen LogP contribution < -0.4 is 0 Å². The number of sulfone groups is 1. The molecule has 0 saturated heterocycles. The van der Waals surface area contributed by atoms with E-state index in [-0.39, 0.29) is 35.0 Å². The number of halogens is 6. The van der Waals surface area contributed by atoms with Crippen molar-refractivity contribution in [3.63, 3.8) is 0 Å². The van der Waals surface area contributed by atoms with Gasteiger partial charge in [0, 0.05) is 17.4 Å². The van der Waals surface area contributed by atoms with E-state index in [0.717, 1.165) is 6.26 Å². The lowest BCUT2D eigenvalue weighted by Crippen LogP contribution is -2.01. The van der Waals surface area contributed by atoms with Gasteiger partial charge in [-0.1, -0.05) is 69.6 Å². The van der Waals surface area contributed by atoms with Gasteiger partial charge in [-0.3, -0.25) is 0 Å². The Morgan fingerprint density at radius 1 is 0.773 bits per heavy atom. The molecule has 2 aromatic carbocycles. The van der Waals surface area contributed by atoms with E-state index in [1.54, 1.807) is 0 Å². The lowest BCUT2D eigenvalue weighted by molar-refractivity contribution is 0.602. The molecule has 0 atom stereocenters. The summed E-state index contributed by atoms with van der Waals surface area (Å²) in [6.45, 7) is 0. The van der Waals surface area contributed by atoms with Crippen LogP contribution in [0.3, 0.4) is 0 Å². The SMILES string of the molecule is CS(=O)(=O)c1c(Cl)cc(-c2c(Cl)ccc(Cl)c2Cl)c(Cl)c1Cl. The van der Waals surface area contributed by atoms with Gasteiger partial charge >= 0.3 is 0 Å². The van der Waals surface area contributed by atoms with Gasteiger partial charge < -0.3 is 0 Å². The predicted octanol–water partition coefficient (Wildman–Crippen LogP) is 6.68. The van der Waals surface area contributed by atoms with Gasteiger partial charge in [0.15, 0.2) is 9.84 Å². The fourth-order valence-corrected chi connectivity index (χ4v) is 5.04. The van der Waals surface area contributed by atoms with Crippen molar-refractivity contribution in [1.29, 1.82) is 0 Å². The first-order valence-corrected chi connectivity index (χ1v) is 9.73. The molecule has 0 unspecified atom stereocenters. The van der Waals surface area contributed by atoms with E-state index in [1.807, 2.05) is 0 Å². The molecule has 0 fully saturated rings. The molecular formula is C13H6Cl6O2S. The van der Waals surface area contributed by atoms with Crippen molar-refractivity contribution in [2.75, 3.05) is 6.26 Å². The summed E-state index contributed by atoms with van der Waals surface area (Å²) in [6.07, 6.45) is 0.982. The third-order valence-corrected chi connectivity index (χ3v) is 6.47. The normalized spacial score (nSPS) is 11.8. The second kappa shape index (κ2) is 6.56. The van der Waals surface area contributed by atoms with Crippen molar-refractivity contribution in [3.8, 4) is 11.1 Å². The first-order chi connectivity index (χ1) is 10.1. The van der Waals surface area contributed by atoms with Crippen molar-refractivity contribution in [2.24, 2.45) is 0 Å². The van der Waals surface area contributed by atoms with E-state index in [2.05, 4.69) is 0 Å². The first-order valence-electron chi connectivity index (χ1n) is 5.57. The average molecular weight is 439 g/mol. The highest BCUT2D eigenvalue weighted by atomic mass is 35.5. The highest BCUT2D eigenvalue weighted by Gasteiger charge is 2.24. The Kier molecular flexibility index (Phi) is 5.51. The molecule has 0 bridgehead atoms. The standard InChI is InChI=1S/C13H6Cl6O2S/c1-22(20,21)13-8(16)4-5(10(17)12(13)19)9-6(14)2-3-7(15)11(9)18/h2-4H,1H3. The molecule has 2 rings (SSSR count). The van der Waals surface area contributed by atoms with Crippen LogP contribution in [0, 0.1) is 0 Å². The molecule has 0 N–H and O–H groups in total. The van der Waals surface area contributed by atoms with Gasteiger partial charge in [0.25, 0.3) is 0 Å². The lowest BCUT2D eigenvalue weighted by Gasteiger charge is -2.14. The smallest absolute Gasteiger partial charge is 0.178 e. The van der Waals surface area contributed by atoms with Crippen molar-refractivity contribution in [2.45, 2.75) is 4.90 Å². The summed E-state index contributed by atoms with van der Waals surface area (Å²) < 4.78 is 23.5. The molecule has 0 amide bonds. The Labute approximate surface area is 157 Å². The zero-order valence-corrected chi connectivity index (χ0v) is 16.1. The second-order valence-electron chi connectivity index (χ2n) is 4.35. The number of rotatable bonds is 2. The van der Waals surface area contributed by atoms with Crippen LogP contribution in [-0.4, -0.2) is 14.7 Å². The molecule has 0 aliphatic carbocycles. The van der Waals surface area contributed by atoms with Crippen LogP contribution in [0.4, 0.5) is 0 Å². The zero-order chi connectivity index (χ0) is 16.8. The Morgan fingerprint density at radius 3 is 1.86 bits per heavy atom. The maximum Gasteiger partial charge on any atom is 0.178 e. The molecule has 0 aliphatic heterocycles. The molecule has 0 radical (unpaired) electrons. The Balaban J connectivity index is 2.90. The fraction of sp³-hybridized carbons (Fsp3) is 0.0769. The molecule has 118 valence electrons. The van der Waals surface area contributed by atoms with E-state index in [4.69, 9.17) is 69.6 Å². The number of hydrogen-bond donors (Lipinski definition) is 0. The summed E-state index contributed by atoms with van der Waals surface area (Å²) in [7, 11) is -3.65. The molecule has 22 heavy (non-hydrogen) atoms. The summed E-state index contributed by atoms with van der Waals surface area (Å²) in [4.78, 5) is -0.251. The molecule has 0 heterocycles. The topological polar surface area (TPSA) is 34.1 Å². The van der Waals surface area contributed by atoms with Crippen molar-refractivity contribution in [1.82, 2.24) is 0 Å². The van der Waals surface area contributed by atoms with E-state index in [0.29, 0.717) is 11.1 Å². The minimum absolute atomic E-state index is 0.0300. The van der Waals surface area contributed by atoms with Gasteiger partial charge in [-0.25, -0.2) is 8.42 Å². The lowest BCUT2D eigenvalue weighted by atomic mass is 10.1. The fourth-order valence-electron chi connectivity index (χ4n) is 1.87. The Morgan fingerprint density at radius 2 is 1.32 bits per heavy atom. The summed E-state index contributed by atoms with van der Waals surface area (Å²) >= 11 is 36.6. The zero-order valence-electron chi connectivity index (χ0n) is 10.7. The van der Waals surface area contributed by atoms with E-state index in [1.165, 1.54) is 18.2 Å². The summed E-state index contributed by atoms with van der Waals surface area (Å²) in [5.74, 6) is 0. The summed E-state index contributed by atoms with van der Waals surface area (Å²) in [6, 6.07) is 4.40. The summed E-state index contributed by atoms with van der Waals surface area (Å²) in [5.41, 5.74) is 0.617. The maximum absolute atomic E-state index is 11.8. The van der Waals surface area contributed by atoms with Gasteiger partial charge in [-0.05, 0) is 18.2 Å². The molecule has 9 heteroatoms. The first kappa shape index (κ1) is 18.5. The number of benzene rings is 2. The van der Waals surface area contributed by atoms with E-state index >= 15 is 0 Å². The van der Waals surface area contributed by atoms with Gasteiger partial charge in [0.05, 0.1) is 30.1 Å². The van der Waals surface area contributed by atoms with Gasteiger partial charge in [-0.2, -0.15) is 0 Å². The second-order valence-corrected chi connectivity index (χ2v) is 8.66. The Hall–Kier alpha value is 0.130. The van der Waals surface area contributed by atoms with Crippen LogP contribution in [0.2, 0.25) is 30.1 Å². The number of hydrogen-bond acceptors (Lipinski definition) is 2. The maximum atomic E-state index is 11.8. The highest BCUT2D eigenvalue weighted by molar-refractivity contribution is 7.91. The van der Waals surface area contributed by atoms with Gasteiger partial charge in [-0.15, -0.1) is 0 Å². The minimum atomic E-state index is -3.65. The molecule has 2 aromatic rings. The largest absolute Gasteiger partial charge is 0.224 e. The molecule has 0 aromatic heterocycles. The van der Waals surface area contributed by atoms with Crippen LogP contribution in [0.1, 0.15) is 0 Å².